The smallest absolute Gasteiger partial charge is 0.340 e. The van der Waals surface area contributed by atoms with Crippen LogP contribution >= 0.6 is 23.2 Å². The molecule has 1 heterocycles. The van der Waals surface area contributed by atoms with Crippen LogP contribution in [-0.2, 0) is 11.3 Å². The van der Waals surface area contributed by atoms with E-state index >= 15 is 0 Å². The van der Waals surface area contributed by atoms with E-state index in [1.165, 1.54) is 0 Å². The summed E-state index contributed by atoms with van der Waals surface area (Å²) in [6.07, 6.45) is 0.611. The summed E-state index contributed by atoms with van der Waals surface area (Å²) in [7, 11) is 0. The molecule has 0 unspecified atom stereocenters. The molecule has 1 aromatic heterocycles. The zero-order valence-corrected chi connectivity index (χ0v) is 14.4. The van der Waals surface area contributed by atoms with Crippen molar-refractivity contribution < 1.29 is 18.7 Å². The Hall–Kier alpha value is -2.56. The Morgan fingerprint density at radius 2 is 1.92 bits per heavy atom. The van der Waals surface area contributed by atoms with Crippen LogP contribution in [0.1, 0.15) is 26.5 Å². The maximum absolute atomic E-state index is 12.3. The first kappa shape index (κ1) is 17.3. The van der Waals surface area contributed by atoms with Gasteiger partial charge in [-0.15, -0.1) is 0 Å². The van der Waals surface area contributed by atoms with E-state index < -0.39 is 5.97 Å². The van der Waals surface area contributed by atoms with Crippen molar-refractivity contribution in [3.05, 3.63) is 81.5 Å². The second-order valence-electron chi connectivity index (χ2n) is 5.22. The Labute approximate surface area is 153 Å². The van der Waals surface area contributed by atoms with Gasteiger partial charge in [-0.1, -0.05) is 35.3 Å². The van der Waals surface area contributed by atoms with Gasteiger partial charge in [0.25, 0.3) is 0 Å². The van der Waals surface area contributed by atoms with Crippen molar-refractivity contribution in [1.82, 2.24) is 0 Å². The topological polar surface area (TPSA) is 56.5 Å². The summed E-state index contributed by atoms with van der Waals surface area (Å²) in [5.41, 5.74) is 1.60. The highest BCUT2D eigenvalue weighted by molar-refractivity contribution is 6.33. The lowest BCUT2D eigenvalue weighted by Crippen LogP contribution is -2.06. The monoisotopic (exact) mass is 374 g/mol. The van der Waals surface area contributed by atoms with Crippen LogP contribution in [0.4, 0.5) is 0 Å². The molecule has 0 atom stereocenters. The van der Waals surface area contributed by atoms with E-state index in [1.807, 2.05) is 0 Å². The molecule has 126 valence electrons. The lowest BCUT2D eigenvalue weighted by molar-refractivity contribution is 0.0473. The molecule has 3 aromatic rings. The molecule has 0 bridgehead atoms. The normalized spacial score (nSPS) is 10.5. The van der Waals surface area contributed by atoms with Gasteiger partial charge in [0.2, 0.25) is 0 Å². The standard InChI is InChI=1S/C19H12Cl2O4/c20-14-3-1-2-12(8-14)11-24-19(23)16-9-13(4-6-17(16)21)18-7-5-15(10-22)25-18/h1-10H,11H2. The molecule has 4 nitrogen and oxygen atoms in total. The van der Waals surface area contributed by atoms with E-state index in [0.29, 0.717) is 22.6 Å². The molecular weight excluding hydrogens is 363 g/mol. The Morgan fingerprint density at radius 1 is 1.08 bits per heavy atom. The Bertz CT molecular complexity index is 931. The number of carbonyl (C=O) groups is 2. The molecule has 0 amide bonds. The molecule has 0 spiro atoms. The molecule has 0 radical (unpaired) electrons. The maximum Gasteiger partial charge on any atom is 0.340 e. The lowest BCUT2D eigenvalue weighted by Gasteiger charge is -2.08. The zero-order valence-electron chi connectivity index (χ0n) is 12.9. The number of ether oxygens (including phenoxy) is 1. The molecule has 0 N–H and O–H groups in total. The number of rotatable bonds is 5. The fourth-order valence-corrected chi connectivity index (χ4v) is 2.67. The highest BCUT2D eigenvalue weighted by Crippen LogP contribution is 2.27. The van der Waals surface area contributed by atoms with Crippen LogP contribution < -0.4 is 0 Å². The van der Waals surface area contributed by atoms with Gasteiger partial charge in [-0.2, -0.15) is 0 Å². The van der Waals surface area contributed by atoms with Gasteiger partial charge in [0.15, 0.2) is 12.0 Å². The van der Waals surface area contributed by atoms with Crippen LogP contribution in [0.15, 0.2) is 59.0 Å². The number of benzene rings is 2. The molecule has 0 saturated carbocycles. The third-order valence-corrected chi connectivity index (χ3v) is 4.04. The zero-order chi connectivity index (χ0) is 17.8. The maximum atomic E-state index is 12.3. The average molecular weight is 375 g/mol. The summed E-state index contributed by atoms with van der Waals surface area (Å²) in [5.74, 6) is 0.103. The minimum absolute atomic E-state index is 0.0794. The van der Waals surface area contributed by atoms with Crippen molar-refractivity contribution in [2.24, 2.45) is 0 Å². The summed E-state index contributed by atoms with van der Waals surface area (Å²) >= 11 is 12.0. The quantitative estimate of drug-likeness (QED) is 0.441. The fourth-order valence-electron chi connectivity index (χ4n) is 2.26. The molecular formula is C19H12Cl2O4. The predicted octanol–water partition coefficient (Wildman–Crippen LogP) is 5.42. The van der Waals surface area contributed by atoms with Gasteiger partial charge in [-0.05, 0) is 48.0 Å². The number of hydrogen-bond acceptors (Lipinski definition) is 4. The van der Waals surface area contributed by atoms with Gasteiger partial charge in [0, 0.05) is 10.6 Å². The van der Waals surface area contributed by atoms with E-state index in [2.05, 4.69) is 0 Å². The fraction of sp³-hybridized carbons (Fsp3) is 0.0526. The lowest BCUT2D eigenvalue weighted by atomic mass is 10.1. The number of furan rings is 1. The van der Waals surface area contributed by atoms with Gasteiger partial charge in [-0.25, -0.2) is 4.79 Å². The van der Waals surface area contributed by atoms with E-state index in [1.54, 1.807) is 54.6 Å². The Kier molecular flexibility index (Phi) is 5.22. The molecule has 3 rings (SSSR count). The van der Waals surface area contributed by atoms with E-state index in [0.717, 1.165) is 5.56 Å². The highest BCUT2D eigenvalue weighted by Gasteiger charge is 2.15. The van der Waals surface area contributed by atoms with Crippen LogP contribution in [0.5, 0.6) is 0 Å². The first-order chi connectivity index (χ1) is 12.1. The van der Waals surface area contributed by atoms with Crippen molar-refractivity contribution in [3.8, 4) is 11.3 Å². The largest absolute Gasteiger partial charge is 0.457 e. The first-order valence-electron chi connectivity index (χ1n) is 7.33. The van der Waals surface area contributed by atoms with Crippen molar-refractivity contribution in [1.29, 1.82) is 0 Å². The molecule has 25 heavy (non-hydrogen) atoms. The van der Waals surface area contributed by atoms with Gasteiger partial charge in [0.1, 0.15) is 12.4 Å². The van der Waals surface area contributed by atoms with Gasteiger partial charge in [0.05, 0.1) is 10.6 Å². The third-order valence-electron chi connectivity index (χ3n) is 3.47. The van der Waals surface area contributed by atoms with Gasteiger partial charge in [-0.3, -0.25) is 4.79 Å². The molecule has 0 aliphatic carbocycles. The van der Waals surface area contributed by atoms with E-state index in [-0.39, 0.29) is 23.0 Å². The average Bonchev–Trinajstić information content (AvgIpc) is 3.09. The summed E-state index contributed by atoms with van der Waals surface area (Å²) in [6.45, 7) is 0.0794. The van der Waals surface area contributed by atoms with Crippen molar-refractivity contribution in [2.45, 2.75) is 6.61 Å². The number of aldehydes is 1. The van der Waals surface area contributed by atoms with Crippen LogP contribution in [0.2, 0.25) is 10.0 Å². The molecule has 0 aliphatic heterocycles. The van der Waals surface area contributed by atoms with E-state index in [4.69, 9.17) is 32.4 Å². The number of halogens is 2. The molecule has 0 aliphatic rings. The summed E-state index contributed by atoms with van der Waals surface area (Å²) < 4.78 is 10.7. The molecule has 0 saturated heterocycles. The Morgan fingerprint density at radius 3 is 2.64 bits per heavy atom. The van der Waals surface area contributed by atoms with Gasteiger partial charge < -0.3 is 9.15 Å². The van der Waals surface area contributed by atoms with Crippen LogP contribution in [-0.4, -0.2) is 12.3 Å². The number of esters is 1. The first-order valence-corrected chi connectivity index (χ1v) is 8.09. The molecule has 6 heteroatoms. The second kappa shape index (κ2) is 7.55. The van der Waals surface area contributed by atoms with Crippen molar-refractivity contribution in [2.75, 3.05) is 0 Å². The minimum atomic E-state index is -0.561. The van der Waals surface area contributed by atoms with Crippen LogP contribution in [0, 0.1) is 0 Å². The van der Waals surface area contributed by atoms with E-state index in [9.17, 15) is 9.59 Å². The molecule has 2 aromatic carbocycles. The predicted molar refractivity (Wildman–Crippen MR) is 95.1 cm³/mol. The van der Waals surface area contributed by atoms with Crippen molar-refractivity contribution >= 4 is 35.5 Å². The summed E-state index contributed by atoms with van der Waals surface area (Å²) in [5, 5.41) is 0.833. The number of hydrogen-bond donors (Lipinski definition) is 0. The third kappa shape index (κ3) is 4.10. The van der Waals surface area contributed by atoms with Gasteiger partial charge >= 0.3 is 5.97 Å². The molecule has 0 fully saturated rings. The SMILES string of the molecule is O=Cc1ccc(-c2ccc(Cl)c(C(=O)OCc3cccc(Cl)c3)c2)o1. The minimum Gasteiger partial charge on any atom is -0.457 e. The van der Waals surface area contributed by atoms with Crippen LogP contribution in [0.25, 0.3) is 11.3 Å². The van der Waals surface area contributed by atoms with Crippen molar-refractivity contribution in [3.63, 3.8) is 0 Å². The summed E-state index contributed by atoms with van der Waals surface area (Å²) in [6, 6.07) is 15.1. The second-order valence-corrected chi connectivity index (χ2v) is 6.06. The summed E-state index contributed by atoms with van der Waals surface area (Å²) in [4.78, 5) is 23.1. The highest BCUT2D eigenvalue weighted by atomic mass is 35.5. The number of carbonyl (C=O) groups excluding carboxylic acids is 2. The Balaban J connectivity index is 1.79. The van der Waals surface area contributed by atoms with Crippen LogP contribution in [0.3, 0.4) is 0 Å².